The molecular weight excluding hydrogens is 320 g/mol. The lowest BCUT2D eigenvalue weighted by molar-refractivity contribution is 0.102. The molecule has 0 saturated heterocycles. The van der Waals surface area contributed by atoms with Crippen molar-refractivity contribution in [3.05, 3.63) is 65.2 Å². The van der Waals surface area contributed by atoms with E-state index in [1.807, 2.05) is 55.5 Å². The predicted molar refractivity (Wildman–Crippen MR) is 94.8 cm³/mol. The van der Waals surface area contributed by atoms with Crippen LogP contribution in [0.3, 0.4) is 0 Å². The van der Waals surface area contributed by atoms with Gasteiger partial charge in [-0.15, -0.1) is 5.10 Å². The first-order valence-corrected chi connectivity index (χ1v) is 8.76. The molecule has 0 fully saturated rings. The van der Waals surface area contributed by atoms with Gasteiger partial charge in [0.1, 0.15) is 0 Å². The molecule has 6 heteroatoms. The van der Waals surface area contributed by atoms with Crippen molar-refractivity contribution in [1.82, 2.24) is 20.2 Å². The Bertz CT molecular complexity index is 825. The van der Waals surface area contributed by atoms with Crippen LogP contribution in [0, 0.1) is 6.92 Å². The van der Waals surface area contributed by atoms with Crippen molar-refractivity contribution in [1.29, 1.82) is 0 Å². The van der Waals surface area contributed by atoms with E-state index in [0.29, 0.717) is 16.5 Å². The van der Waals surface area contributed by atoms with Gasteiger partial charge in [0, 0.05) is 5.56 Å². The fourth-order valence-electron chi connectivity index (χ4n) is 2.26. The summed E-state index contributed by atoms with van der Waals surface area (Å²) in [4.78, 5) is 12.3. The van der Waals surface area contributed by atoms with Crippen LogP contribution in [0.5, 0.6) is 0 Å². The van der Waals surface area contributed by atoms with Crippen LogP contribution in [-0.2, 0) is 6.42 Å². The lowest BCUT2D eigenvalue weighted by Crippen LogP contribution is -2.05. The molecule has 3 rings (SSSR count). The average Bonchev–Trinajstić information content (AvgIpc) is 3.09. The molecule has 5 nitrogen and oxygen atoms in total. The highest BCUT2D eigenvalue weighted by Gasteiger charge is 2.12. The lowest BCUT2D eigenvalue weighted by atomic mass is 10.1. The van der Waals surface area contributed by atoms with Crippen LogP contribution in [-0.4, -0.2) is 31.7 Å². The number of tetrazole rings is 1. The van der Waals surface area contributed by atoms with E-state index >= 15 is 0 Å². The Hall–Kier alpha value is -2.47. The average molecular weight is 338 g/mol. The molecule has 0 aliphatic carbocycles. The van der Waals surface area contributed by atoms with Gasteiger partial charge in [-0.3, -0.25) is 4.79 Å². The standard InChI is InChI=1S/C18H18N4OS/c1-3-14-6-8-15(9-7-14)17(23)12-24-18-19-20-21-22(18)16-10-4-13(2)5-11-16/h4-11H,3,12H2,1-2H3. The Kier molecular flexibility index (Phi) is 5.05. The minimum Gasteiger partial charge on any atom is -0.293 e. The second-order valence-corrected chi connectivity index (χ2v) is 6.41. The molecule has 0 atom stereocenters. The van der Waals surface area contributed by atoms with E-state index in [1.165, 1.54) is 22.9 Å². The molecule has 0 N–H and O–H groups in total. The van der Waals surface area contributed by atoms with Gasteiger partial charge in [-0.1, -0.05) is 60.6 Å². The van der Waals surface area contributed by atoms with Crippen LogP contribution >= 0.6 is 11.8 Å². The molecule has 24 heavy (non-hydrogen) atoms. The van der Waals surface area contributed by atoms with Crippen LogP contribution in [0.4, 0.5) is 0 Å². The first-order chi connectivity index (χ1) is 11.7. The van der Waals surface area contributed by atoms with Crippen LogP contribution < -0.4 is 0 Å². The Morgan fingerprint density at radius 3 is 2.46 bits per heavy atom. The number of benzene rings is 2. The molecule has 3 aromatic rings. The monoisotopic (exact) mass is 338 g/mol. The summed E-state index contributed by atoms with van der Waals surface area (Å²) in [6.45, 7) is 4.12. The molecule has 0 radical (unpaired) electrons. The molecule has 0 unspecified atom stereocenters. The van der Waals surface area contributed by atoms with E-state index in [9.17, 15) is 4.79 Å². The normalized spacial score (nSPS) is 10.8. The van der Waals surface area contributed by atoms with Crippen molar-refractivity contribution in [2.45, 2.75) is 25.4 Å². The van der Waals surface area contributed by atoms with E-state index in [4.69, 9.17) is 0 Å². The van der Waals surface area contributed by atoms with Crippen molar-refractivity contribution >= 4 is 17.5 Å². The Balaban J connectivity index is 1.69. The Morgan fingerprint density at radius 2 is 1.79 bits per heavy atom. The molecule has 0 spiro atoms. The predicted octanol–water partition coefficient (Wildman–Crippen LogP) is 3.51. The third-order valence-corrected chi connectivity index (χ3v) is 4.66. The van der Waals surface area contributed by atoms with Crippen LogP contribution in [0.15, 0.2) is 53.7 Å². The summed E-state index contributed by atoms with van der Waals surface area (Å²) in [5.74, 6) is 0.374. The molecule has 1 aromatic heterocycles. The van der Waals surface area contributed by atoms with Gasteiger partial charge >= 0.3 is 0 Å². The lowest BCUT2D eigenvalue weighted by Gasteiger charge is -2.05. The molecule has 122 valence electrons. The molecular formula is C18H18N4OS. The summed E-state index contributed by atoms with van der Waals surface area (Å²) in [5.41, 5.74) is 4.00. The van der Waals surface area contributed by atoms with Gasteiger partial charge in [0.2, 0.25) is 5.16 Å². The number of hydrogen-bond acceptors (Lipinski definition) is 5. The number of carbonyl (C=O) groups excluding carboxylic acids is 1. The quantitative estimate of drug-likeness (QED) is 0.508. The number of Topliss-reactive ketones (excluding diaryl/α,β-unsaturated/α-hetero) is 1. The number of aromatic nitrogens is 4. The summed E-state index contributed by atoms with van der Waals surface area (Å²) in [6, 6.07) is 15.7. The van der Waals surface area contributed by atoms with Crippen molar-refractivity contribution in [3.8, 4) is 5.69 Å². The highest BCUT2D eigenvalue weighted by Crippen LogP contribution is 2.20. The zero-order chi connectivity index (χ0) is 16.9. The number of hydrogen-bond donors (Lipinski definition) is 0. The molecule has 2 aromatic carbocycles. The molecule has 0 bridgehead atoms. The van der Waals surface area contributed by atoms with Gasteiger partial charge in [-0.05, 0) is 41.5 Å². The highest BCUT2D eigenvalue weighted by molar-refractivity contribution is 7.99. The molecule has 0 aliphatic rings. The largest absolute Gasteiger partial charge is 0.293 e. The first kappa shape index (κ1) is 16.4. The summed E-state index contributed by atoms with van der Waals surface area (Å²) >= 11 is 1.34. The van der Waals surface area contributed by atoms with Gasteiger partial charge in [0.05, 0.1) is 11.4 Å². The van der Waals surface area contributed by atoms with Gasteiger partial charge < -0.3 is 0 Å². The number of carbonyl (C=O) groups is 1. The van der Waals surface area contributed by atoms with Crippen molar-refractivity contribution in [2.75, 3.05) is 5.75 Å². The minimum absolute atomic E-state index is 0.0705. The summed E-state index contributed by atoms with van der Waals surface area (Å²) in [5, 5.41) is 12.4. The number of ketones is 1. The fraction of sp³-hybridized carbons (Fsp3) is 0.222. The molecule has 1 heterocycles. The Morgan fingerprint density at radius 1 is 1.08 bits per heavy atom. The third kappa shape index (κ3) is 3.71. The smallest absolute Gasteiger partial charge is 0.214 e. The van der Waals surface area contributed by atoms with E-state index < -0.39 is 0 Å². The van der Waals surface area contributed by atoms with Gasteiger partial charge in [-0.25, -0.2) is 0 Å². The number of thioether (sulfide) groups is 1. The minimum atomic E-state index is 0.0705. The number of rotatable bonds is 6. The van der Waals surface area contributed by atoms with Gasteiger partial charge in [0.15, 0.2) is 5.78 Å². The van der Waals surface area contributed by atoms with Crippen molar-refractivity contribution < 1.29 is 4.79 Å². The summed E-state index contributed by atoms with van der Waals surface area (Å²) in [7, 11) is 0. The second-order valence-electron chi connectivity index (χ2n) is 5.47. The highest BCUT2D eigenvalue weighted by atomic mass is 32.2. The van der Waals surface area contributed by atoms with Crippen LogP contribution in [0.2, 0.25) is 0 Å². The maximum atomic E-state index is 12.3. The van der Waals surface area contributed by atoms with E-state index in [-0.39, 0.29) is 5.78 Å². The zero-order valence-electron chi connectivity index (χ0n) is 13.6. The molecule has 0 amide bonds. The van der Waals surface area contributed by atoms with Crippen molar-refractivity contribution in [2.24, 2.45) is 0 Å². The van der Waals surface area contributed by atoms with Crippen molar-refractivity contribution in [3.63, 3.8) is 0 Å². The SMILES string of the molecule is CCc1ccc(C(=O)CSc2nnnn2-c2ccc(C)cc2)cc1. The van der Waals surface area contributed by atoms with E-state index in [1.54, 1.807) is 4.68 Å². The number of nitrogens with zero attached hydrogens (tertiary/aromatic N) is 4. The fourth-order valence-corrected chi connectivity index (χ4v) is 3.04. The van der Waals surface area contributed by atoms with Crippen LogP contribution in [0.1, 0.15) is 28.4 Å². The Labute approximate surface area is 145 Å². The van der Waals surface area contributed by atoms with E-state index in [0.717, 1.165) is 12.1 Å². The maximum absolute atomic E-state index is 12.3. The van der Waals surface area contributed by atoms with E-state index in [2.05, 4.69) is 22.4 Å². The van der Waals surface area contributed by atoms with Crippen LogP contribution in [0.25, 0.3) is 5.69 Å². The third-order valence-electron chi connectivity index (χ3n) is 3.74. The maximum Gasteiger partial charge on any atom is 0.214 e. The first-order valence-electron chi connectivity index (χ1n) is 7.77. The molecule has 0 saturated carbocycles. The molecule has 0 aliphatic heterocycles. The topological polar surface area (TPSA) is 60.7 Å². The zero-order valence-corrected chi connectivity index (χ0v) is 14.5. The summed E-state index contributed by atoms with van der Waals surface area (Å²) in [6.07, 6.45) is 0.967. The van der Waals surface area contributed by atoms with Gasteiger partial charge in [-0.2, -0.15) is 4.68 Å². The second kappa shape index (κ2) is 7.40. The number of aryl methyl sites for hydroxylation is 2. The summed E-state index contributed by atoms with van der Waals surface area (Å²) < 4.78 is 1.65. The van der Waals surface area contributed by atoms with Gasteiger partial charge in [0.25, 0.3) is 0 Å².